The summed E-state index contributed by atoms with van der Waals surface area (Å²) in [6.45, 7) is 5.97. The second-order valence-corrected chi connectivity index (χ2v) is 7.13. The van der Waals surface area contributed by atoms with Crippen LogP contribution in [0, 0.1) is 12.8 Å². The first kappa shape index (κ1) is 13.5. The molecule has 0 amide bonds. The summed E-state index contributed by atoms with van der Waals surface area (Å²) < 4.78 is 27.3. The molecule has 0 atom stereocenters. The van der Waals surface area contributed by atoms with Gasteiger partial charge in [0.2, 0.25) is 10.0 Å². The zero-order chi connectivity index (χ0) is 13.2. The van der Waals surface area contributed by atoms with Gasteiger partial charge in [-0.1, -0.05) is 0 Å². The number of rotatable bonds is 4. The lowest BCUT2D eigenvalue weighted by Crippen LogP contribution is -2.40. The highest BCUT2D eigenvalue weighted by molar-refractivity contribution is 7.89. The van der Waals surface area contributed by atoms with E-state index >= 15 is 0 Å². The number of imidazole rings is 1. The average molecular weight is 271 g/mol. The molecule has 2 heterocycles. The summed E-state index contributed by atoms with van der Waals surface area (Å²) in [4.78, 5) is 4.21. The van der Waals surface area contributed by atoms with E-state index in [-0.39, 0.29) is 5.75 Å². The van der Waals surface area contributed by atoms with Gasteiger partial charge in [-0.2, -0.15) is 0 Å². The molecule has 0 bridgehead atoms. The van der Waals surface area contributed by atoms with Crippen LogP contribution in [0.2, 0.25) is 0 Å². The summed E-state index contributed by atoms with van der Waals surface area (Å²) in [5.74, 6) is 1.79. The van der Waals surface area contributed by atoms with E-state index in [2.05, 4.69) is 9.55 Å². The second-order valence-electron chi connectivity index (χ2n) is 4.87. The molecular weight excluding hydrogens is 250 g/mol. The van der Waals surface area contributed by atoms with Crippen LogP contribution in [-0.2, 0) is 16.6 Å². The molecule has 1 aromatic heterocycles. The highest BCUT2D eigenvalue weighted by atomic mass is 32.2. The Bertz CT molecular complexity index is 487. The lowest BCUT2D eigenvalue weighted by Gasteiger charge is -2.31. The minimum atomic E-state index is -3.00. The van der Waals surface area contributed by atoms with E-state index in [4.69, 9.17) is 0 Å². The number of aromatic nitrogens is 2. The van der Waals surface area contributed by atoms with Crippen molar-refractivity contribution in [3.8, 4) is 0 Å². The number of hydrogen-bond acceptors (Lipinski definition) is 3. The maximum Gasteiger partial charge on any atom is 0.213 e. The van der Waals surface area contributed by atoms with Gasteiger partial charge in [-0.3, -0.25) is 0 Å². The molecule has 1 fully saturated rings. The third-order valence-electron chi connectivity index (χ3n) is 3.71. The molecule has 1 saturated heterocycles. The standard InChI is InChI=1S/C12H21N3O2S/c1-3-18(16,17)15-7-4-12(5-8-15)10-14-9-6-13-11(14)2/h6,9,12H,3-5,7-8,10H2,1-2H3. The Labute approximate surface area is 109 Å². The van der Waals surface area contributed by atoms with Gasteiger partial charge in [-0.25, -0.2) is 17.7 Å². The summed E-state index contributed by atoms with van der Waals surface area (Å²) in [5.41, 5.74) is 0. The second kappa shape index (κ2) is 5.40. The maximum atomic E-state index is 11.7. The van der Waals surface area contributed by atoms with Crippen LogP contribution in [0.4, 0.5) is 0 Å². The van der Waals surface area contributed by atoms with Crippen LogP contribution in [0.15, 0.2) is 12.4 Å². The monoisotopic (exact) mass is 271 g/mol. The van der Waals surface area contributed by atoms with Crippen LogP contribution in [0.3, 0.4) is 0 Å². The molecule has 6 heteroatoms. The van der Waals surface area contributed by atoms with Crippen LogP contribution in [0.1, 0.15) is 25.6 Å². The van der Waals surface area contributed by atoms with Gasteiger partial charge in [-0.05, 0) is 32.6 Å². The normalized spacial score (nSPS) is 19.2. The van der Waals surface area contributed by atoms with Crippen LogP contribution in [0.25, 0.3) is 0 Å². The summed E-state index contributed by atoms with van der Waals surface area (Å²) in [7, 11) is -3.00. The van der Waals surface area contributed by atoms with Crippen molar-refractivity contribution in [3.63, 3.8) is 0 Å². The molecule has 0 spiro atoms. The SMILES string of the molecule is CCS(=O)(=O)N1CCC(Cn2ccnc2C)CC1. The Morgan fingerprint density at radius 3 is 2.56 bits per heavy atom. The van der Waals surface area contributed by atoms with Crippen molar-refractivity contribution in [2.45, 2.75) is 33.2 Å². The number of nitrogens with zero attached hydrogens (tertiary/aromatic N) is 3. The molecule has 0 radical (unpaired) electrons. The van der Waals surface area contributed by atoms with Gasteiger partial charge >= 0.3 is 0 Å². The Hall–Kier alpha value is -0.880. The van der Waals surface area contributed by atoms with Gasteiger partial charge in [0.25, 0.3) is 0 Å². The van der Waals surface area contributed by atoms with E-state index in [0.717, 1.165) is 25.2 Å². The van der Waals surface area contributed by atoms with E-state index in [9.17, 15) is 8.42 Å². The van der Waals surface area contributed by atoms with Crippen LogP contribution < -0.4 is 0 Å². The van der Waals surface area contributed by atoms with Crippen LogP contribution >= 0.6 is 0 Å². The highest BCUT2D eigenvalue weighted by Gasteiger charge is 2.26. The van der Waals surface area contributed by atoms with Gasteiger partial charge in [0.1, 0.15) is 5.82 Å². The zero-order valence-corrected chi connectivity index (χ0v) is 11.9. The molecule has 0 N–H and O–H groups in total. The fraction of sp³-hybridized carbons (Fsp3) is 0.750. The molecule has 0 aliphatic carbocycles. The third-order valence-corrected chi connectivity index (χ3v) is 5.59. The minimum Gasteiger partial charge on any atom is -0.335 e. The first-order valence-electron chi connectivity index (χ1n) is 6.48. The highest BCUT2D eigenvalue weighted by Crippen LogP contribution is 2.21. The van der Waals surface area contributed by atoms with E-state index in [1.807, 2.05) is 19.3 Å². The van der Waals surface area contributed by atoms with Crippen molar-refractivity contribution in [1.82, 2.24) is 13.9 Å². The summed E-state index contributed by atoms with van der Waals surface area (Å²) >= 11 is 0. The number of hydrogen-bond donors (Lipinski definition) is 0. The van der Waals surface area contributed by atoms with Crippen LogP contribution in [0.5, 0.6) is 0 Å². The van der Waals surface area contributed by atoms with Gasteiger partial charge < -0.3 is 4.57 Å². The molecule has 102 valence electrons. The fourth-order valence-corrected chi connectivity index (χ4v) is 3.56. The predicted molar refractivity (Wildman–Crippen MR) is 70.7 cm³/mol. The van der Waals surface area contributed by atoms with E-state index in [1.54, 1.807) is 11.2 Å². The molecule has 18 heavy (non-hydrogen) atoms. The van der Waals surface area contributed by atoms with E-state index < -0.39 is 10.0 Å². The topological polar surface area (TPSA) is 55.2 Å². The van der Waals surface area contributed by atoms with Gasteiger partial charge in [0.15, 0.2) is 0 Å². The lowest BCUT2D eigenvalue weighted by atomic mass is 9.98. The van der Waals surface area contributed by atoms with Crippen molar-refractivity contribution < 1.29 is 8.42 Å². The Morgan fingerprint density at radius 2 is 2.06 bits per heavy atom. The first-order chi connectivity index (χ1) is 8.53. The Morgan fingerprint density at radius 1 is 1.39 bits per heavy atom. The molecule has 0 unspecified atom stereocenters. The van der Waals surface area contributed by atoms with Gasteiger partial charge in [0, 0.05) is 32.0 Å². The largest absolute Gasteiger partial charge is 0.335 e. The smallest absolute Gasteiger partial charge is 0.213 e. The summed E-state index contributed by atoms with van der Waals surface area (Å²) in [5, 5.41) is 0. The molecule has 0 aromatic carbocycles. The average Bonchev–Trinajstić information content (AvgIpc) is 2.76. The Balaban J connectivity index is 1.90. The first-order valence-corrected chi connectivity index (χ1v) is 8.09. The van der Waals surface area contributed by atoms with E-state index in [1.165, 1.54) is 0 Å². The Kier molecular flexibility index (Phi) is 4.07. The minimum absolute atomic E-state index is 0.207. The van der Waals surface area contributed by atoms with Crippen molar-refractivity contribution in [1.29, 1.82) is 0 Å². The third kappa shape index (κ3) is 2.92. The molecular formula is C12H21N3O2S. The van der Waals surface area contributed by atoms with Gasteiger partial charge in [-0.15, -0.1) is 0 Å². The number of aryl methyl sites for hydroxylation is 1. The summed E-state index contributed by atoms with van der Waals surface area (Å²) in [6.07, 6.45) is 5.68. The van der Waals surface area contributed by atoms with Crippen molar-refractivity contribution in [2.75, 3.05) is 18.8 Å². The molecule has 5 nitrogen and oxygen atoms in total. The lowest BCUT2D eigenvalue weighted by molar-refractivity contribution is 0.252. The van der Waals surface area contributed by atoms with Gasteiger partial charge in [0.05, 0.1) is 5.75 Å². The summed E-state index contributed by atoms with van der Waals surface area (Å²) in [6, 6.07) is 0. The molecule has 0 saturated carbocycles. The van der Waals surface area contributed by atoms with Crippen LogP contribution in [-0.4, -0.2) is 41.1 Å². The molecule has 2 rings (SSSR count). The van der Waals surface area contributed by atoms with Crippen molar-refractivity contribution >= 4 is 10.0 Å². The maximum absolute atomic E-state index is 11.7. The quantitative estimate of drug-likeness (QED) is 0.828. The van der Waals surface area contributed by atoms with Crippen molar-refractivity contribution in [2.24, 2.45) is 5.92 Å². The van der Waals surface area contributed by atoms with E-state index in [0.29, 0.717) is 19.0 Å². The predicted octanol–water partition coefficient (Wildman–Crippen LogP) is 1.25. The fourth-order valence-electron chi connectivity index (χ4n) is 2.43. The number of piperidine rings is 1. The van der Waals surface area contributed by atoms with Crippen molar-refractivity contribution in [3.05, 3.63) is 18.2 Å². The zero-order valence-electron chi connectivity index (χ0n) is 11.0. The molecule has 1 aliphatic rings. The number of sulfonamides is 1. The molecule has 1 aliphatic heterocycles. The molecule has 1 aromatic rings.